The second-order valence-corrected chi connectivity index (χ2v) is 6.89. The van der Waals surface area contributed by atoms with Crippen molar-refractivity contribution in [1.29, 1.82) is 0 Å². The van der Waals surface area contributed by atoms with Crippen LogP contribution in [0.2, 0.25) is 0 Å². The predicted octanol–water partition coefficient (Wildman–Crippen LogP) is 2.40. The third-order valence-electron chi connectivity index (χ3n) is 4.96. The Balaban J connectivity index is 1.49. The number of piperidine rings is 1. The highest BCUT2D eigenvalue weighted by Crippen LogP contribution is 2.21. The van der Waals surface area contributed by atoms with Gasteiger partial charge in [-0.25, -0.2) is 9.18 Å². The van der Waals surface area contributed by atoms with Gasteiger partial charge in [0.25, 0.3) is 0 Å². The number of rotatable bonds is 3. The molecule has 1 aromatic rings. The second-order valence-electron chi connectivity index (χ2n) is 6.89. The lowest BCUT2D eigenvalue weighted by Gasteiger charge is -2.35. The number of amides is 2. The summed E-state index contributed by atoms with van der Waals surface area (Å²) in [5, 5.41) is 15.6. The molecule has 24 heavy (non-hydrogen) atoms. The summed E-state index contributed by atoms with van der Waals surface area (Å²) in [4.78, 5) is 14.3. The Kier molecular flexibility index (Phi) is 5.56. The van der Waals surface area contributed by atoms with Crippen LogP contribution in [-0.4, -0.2) is 42.4 Å². The number of aliphatic hydroxyl groups is 1. The van der Waals surface area contributed by atoms with Gasteiger partial charge in [-0.05, 0) is 56.7 Å². The van der Waals surface area contributed by atoms with E-state index < -0.39 is 0 Å². The molecule has 132 valence electrons. The van der Waals surface area contributed by atoms with Crippen LogP contribution in [0.1, 0.15) is 38.5 Å². The molecule has 1 unspecified atom stereocenters. The number of anilines is 1. The Morgan fingerprint density at radius 2 is 1.88 bits per heavy atom. The van der Waals surface area contributed by atoms with E-state index in [2.05, 4.69) is 15.5 Å². The summed E-state index contributed by atoms with van der Waals surface area (Å²) in [5.74, 6) is -0.236. The molecule has 5 nitrogen and oxygen atoms in total. The van der Waals surface area contributed by atoms with Crippen LogP contribution in [0.15, 0.2) is 24.3 Å². The number of carbonyl (C=O) groups is 1. The van der Waals surface area contributed by atoms with Crippen molar-refractivity contribution in [2.75, 3.05) is 18.0 Å². The van der Waals surface area contributed by atoms with Crippen molar-refractivity contribution in [2.24, 2.45) is 0 Å². The zero-order valence-electron chi connectivity index (χ0n) is 13.9. The highest BCUT2D eigenvalue weighted by atomic mass is 19.1. The first-order valence-electron chi connectivity index (χ1n) is 8.86. The van der Waals surface area contributed by atoms with Gasteiger partial charge in [-0.2, -0.15) is 0 Å². The zero-order chi connectivity index (χ0) is 16.9. The molecule has 6 heteroatoms. The molecule has 0 spiro atoms. The number of nitrogens with one attached hydrogen (secondary N) is 2. The standard InChI is InChI=1S/C18H26FN3O2/c19-13-3-1-5-16(11-13)22-10-2-4-15(12-22)21-18(24)20-14-6-8-17(23)9-7-14/h1,3,5,11,14-15,17,23H,2,4,6-10,12H2,(H2,20,21,24). The smallest absolute Gasteiger partial charge is 0.315 e. The lowest BCUT2D eigenvalue weighted by molar-refractivity contribution is 0.117. The van der Waals surface area contributed by atoms with Crippen LogP contribution >= 0.6 is 0 Å². The van der Waals surface area contributed by atoms with E-state index in [9.17, 15) is 14.3 Å². The van der Waals surface area contributed by atoms with E-state index in [0.717, 1.165) is 50.8 Å². The van der Waals surface area contributed by atoms with E-state index in [4.69, 9.17) is 0 Å². The molecule has 0 bridgehead atoms. The molecule has 1 saturated carbocycles. The fourth-order valence-electron chi connectivity index (χ4n) is 3.63. The largest absolute Gasteiger partial charge is 0.393 e. The van der Waals surface area contributed by atoms with Gasteiger partial charge in [0.2, 0.25) is 0 Å². The third-order valence-corrected chi connectivity index (χ3v) is 4.96. The van der Waals surface area contributed by atoms with Gasteiger partial charge in [-0.1, -0.05) is 6.07 Å². The number of hydrogen-bond acceptors (Lipinski definition) is 3. The van der Waals surface area contributed by atoms with E-state index in [1.165, 1.54) is 12.1 Å². The quantitative estimate of drug-likeness (QED) is 0.795. The summed E-state index contributed by atoms with van der Waals surface area (Å²) >= 11 is 0. The Morgan fingerprint density at radius 3 is 2.62 bits per heavy atom. The minimum atomic E-state index is -0.236. The molecule has 1 heterocycles. The molecule has 1 saturated heterocycles. The minimum absolute atomic E-state index is 0.0659. The first-order chi connectivity index (χ1) is 11.6. The normalized spacial score (nSPS) is 27.6. The first-order valence-corrected chi connectivity index (χ1v) is 8.86. The topological polar surface area (TPSA) is 64.6 Å². The molecule has 2 amide bonds. The summed E-state index contributed by atoms with van der Waals surface area (Å²) < 4.78 is 13.4. The lowest BCUT2D eigenvalue weighted by Crippen LogP contribution is -2.52. The van der Waals surface area contributed by atoms with Crippen LogP contribution in [0.25, 0.3) is 0 Å². The number of benzene rings is 1. The maximum absolute atomic E-state index is 13.4. The van der Waals surface area contributed by atoms with Gasteiger partial charge < -0.3 is 20.6 Å². The summed E-state index contributed by atoms with van der Waals surface area (Å²) in [7, 11) is 0. The molecule has 0 aromatic heterocycles. The Morgan fingerprint density at radius 1 is 1.12 bits per heavy atom. The van der Waals surface area contributed by atoms with Crippen LogP contribution < -0.4 is 15.5 Å². The molecular weight excluding hydrogens is 309 g/mol. The van der Waals surface area contributed by atoms with E-state index >= 15 is 0 Å². The van der Waals surface area contributed by atoms with Gasteiger partial charge in [0, 0.05) is 30.9 Å². The molecule has 3 rings (SSSR count). The molecule has 1 aliphatic heterocycles. The van der Waals surface area contributed by atoms with Gasteiger partial charge in [0.1, 0.15) is 5.82 Å². The average Bonchev–Trinajstić information content (AvgIpc) is 2.57. The van der Waals surface area contributed by atoms with Crippen molar-refractivity contribution in [3.8, 4) is 0 Å². The summed E-state index contributed by atoms with van der Waals surface area (Å²) in [6, 6.07) is 6.67. The van der Waals surface area contributed by atoms with Crippen LogP contribution in [0, 0.1) is 5.82 Å². The number of urea groups is 1. The highest BCUT2D eigenvalue weighted by Gasteiger charge is 2.24. The average molecular weight is 335 g/mol. The number of nitrogens with zero attached hydrogens (tertiary/aromatic N) is 1. The number of halogens is 1. The molecular formula is C18H26FN3O2. The number of hydrogen-bond donors (Lipinski definition) is 3. The highest BCUT2D eigenvalue weighted by molar-refractivity contribution is 5.74. The second kappa shape index (κ2) is 7.83. The summed E-state index contributed by atoms with van der Waals surface area (Å²) in [6.07, 6.45) is 4.84. The van der Waals surface area contributed by atoms with Crippen molar-refractivity contribution in [3.63, 3.8) is 0 Å². The molecule has 2 fully saturated rings. The van der Waals surface area contributed by atoms with Gasteiger partial charge >= 0.3 is 6.03 Å². The fourth-order valence-corrected chi connectivity index (χ4v) is 3.63. The third kappa shape index (κ3) is 4.60. The molecule has 3 N–H and O–H groups in total. The molecule has 1 aliphatic carbocycles. The fraction of sp³-hybridized carbons (Fsp3) is 0.611. The van der Waals surface area contributed by atoms with Gasteiger partial charge in [0.15, 0.2) is 0 Å². The zero-order valence-corrected chi connectivity index (χ0v) is 13.9. The monoisotopic (exact) mass is 335 g/mol. The Bertz CT molecular complexity index is 561. The SMILES string of the molecule is O=C(NC1CCC(O)CC1)NC1CCCN(c2cccc(F)c2)C1. The Labute approximate surface area is 142 Å². The van der Waals surface area contributed by atoms with Crippen LogP contribution in [0.4, 0.5) is 14.9 Å². The molecule has 1 atom stereocenters. The summed E-state index contributed by atoms with van der Waals surface area (Å²) in [5.41, 5.74) is 0.864. The summed E-state index contributed by atoms with van der Waals surface area (Å²) in [6.45, 7) is 1.57. The van der Waals surface area contributed by atoms with E-state index in [0.29, 0.717) is 6.54 Å². The number of carbonyl (C=O) groups excluding carboxylic acids is 1. The van der Waals surface area contributed by atoms with Gasteiger partial charge in [-0.15, -0.1) is 0 Å². The van der Waals surface area contributed by atoms with Crippen molar-refractivity contribution in [3.05, 3.63) is 30.1 Å². The molecule has 1 aromatic carbocycles. The lowest BCUT2D eigenvalue weighted by atomic mass is 9.93. The van der Waals surface area contributed by atoms with Crippen LogP contribution in [-0.2, 0) is 0 Å². The van der Waals surface area contributed by atoms with Crippen molar-refractivity contribution in [2.45, 2.75) is 56.7 Å². The minimum Gasteiger partial charge on any atom is -0.393 e. The molecule has 0 radical (unpaired) electrons. The maximum atomic E-state index is 13.4. The van der Waals surface area contributed by atoms with E-state index in [1.807, 2.05) is 6.07 Å². The van der Waals surface area contributed by atoms with Crippen LogP contribution in [0.5, 0.6) is 0 Å². The van der Waals surface area contributed by atoms with Gasteiger partial charge in [0.05, 0.1) is 6.10 Å². The van der Waals surface area contributed by atoms with Crippen molar-refractivity contribution >= 4 is 11.7 Å². The van der Waals surface area contributed by atoms with E-state index in [1.54, 1.807) is 6.07 Å². The predicted molar refractivity (Wildman–Crippen MR) is 91.6 cm³/mol. The molecule has 2 aliphatic rings. The van der Waals surface area contributed by atoms with Crippen molar-refractivity contribution < 1.29 is 14.3 Å². The Hall–Kier alpha value is -1.82. The maximum Gasteiger partial charge on any atom is 0.315 e. The van der Waals surface area contributed by atoms with Crippen LogP contribution in [0.3, 0.4) is 0 Å². The van der Waals surface area contributed by atoms with E-state index in [-0.39, 0.29) is 30.0 Å². The van der Waals surface area contributed by atoms with Crippen molar-refractivity contribution in [1.82, 2.24) is 10.6 Å². The number of aliphatic hydroxyl groups excluding tert-OH is 1. The van der Waals surface area contributed by atoms with Gasteiger partial charge in [-0.3, -0.25) is 0 Å². The first kappa shape index (κ1) is 17.0.